The van der Waals surface area contributed by atoms with E-state index in [0.29, 0.717) is 5.92 Å². The number of rotatable bonds is 2. The average molecular weight is 182 g/mol. The highest BCUT2D eigenvalue weighted by Gasteiger charge is 2.21. The van der Waals surface area contributed by atoms with E-state index < -0.39 is 0 Å². The number of hydrogen-bond donors (Lipinski definition) is 1. The smallest absolute Gasteiger partial charge is 0.0953 e. The monoisotopic (exact) mass is 182 g/mol. The molecule has 0 amide bonds. The van der Waals surface area contributed by atoms with Crippen molar-refractivity contribution in [3.05, 3.63) is 16.1 Å². The maximum atomic E-state index is 4.41. The van der Waals surface area contributed by atoms with Gasteiger partial charge in [-0.1, -0.05) is 13.8 Å². The molecule has 2 nitrogen and oxygen atoms in total. The zero-order valence-electron chi connectivity index (χ0n) is 7.50. The Balaban J connectivity index is 2.12. The van der Waals surface area contributed by atoms with Crippen molar-refractivity contribution in [1.82, 2.24) is 10.3 Å². The van der Waals surface area contributed by atoms with Crippen LogP contribution < -0.4 is 5.32 Å². The number of nitrogens with one attached hydrogen (secondary N) is 1. The minimum Gasteiger partial charge on any atom is -0.315 e. The van der Waals surface area contributed by atoms with E-state index >= 15 is 0 Å². The van der Waals surface area contributed by atoms with Gasteiger partial charge in [-0.05, 0) is 0 Å². The largest absolute Gasteiger partial charge is 0.315 e. The predicted octanol–water partition coefficient (Wildman–Crippen LogP) is 1.95. The molecule has 1 aromatic heterocycles. The third-order valence-electron chi connectivity index (χ3n) is 2.22. The molecule has 12 heavy (non-hydrogen) atoms. The second-order valence-electron chi connectivity index (χ2n) is 3.61. The van der Waals surface area contributed by atoms with Crippen molar-refractivity contribution in [2.75, 3.05) is 13.1 Å². The van der Waals surface area contributed by atoms with Crippen LogP contribution in [0.2, 0.25) is 0 Å². The molecule has 0 unspecified atom stereocenters. The molecule has 1 aromatic rings. The normalized spacial score (nSPS) is 18.2. The van der Waals surface area contributed by atoms with E-state index in [-0.39, 0.29) is 0 Å². The van der Waals surface area contributed by atoms with E-state index in [2.05, 4.69) is 24.1 Å². The van der Waals surface area contributed by atoms with Gasteiger partial charge in [-0.2, -0.15) is 0 Å². The van der Waals surface area contributed by atoms with Gasteiger partial charge in [0, 0.05) is 36.0 Å². The topological polar surface area (TPSA) is 24.9 Å². The van der Waals surface area contributed by atoms with Crippen LogP contribution in [-0.2, 0) is 0 Å². The Labute approximate surface area is 77.0 Å². The number of nitrogens with zero attached hydrogens (tertiary/aromatic N) is 1. The highest BCUT2D eigenvalue weighted by Crippen LogP contribution is 2.28. The second kappa shape index (κ2) is 3.15. The quantitative estimate of drug-likeness (QED) is 0.756. The van der Waals surface area contributed by atoms with Crippen LogP contribution in [0.25, 0.3) is 0 Å². The standard InChI is InChI=1S/C9H14N2S/c1-6(2)9-11-5-8(12-9)7-3-10-4-7/h5-7,10H,3-4H2,1-2H3. The van der Waals surface area contributed by atoms with Crippen molar-refractivity contribution in [3.8, 4) is 0 Å². The fourth-order valence-corrected chi connectivity index (χ4v) is 2.27. The van der Waals surface area contributed by atoms with E-state index in [4.69, 9.17) is 0 Å². The number of aromatic nitrogens is 1. The first-order valence-electron chi connectivity index (χ1n) is 4.43. The molecule has 0 atom stereocenters. The van der Waals surface area contributed by atoms with Gasteiger partial charge >= 0.3 is 0 Å². The van der Waals surface area contributed by atoms with E-state index in [1.54, 1.807) is 0 Å². The summed E-state index contributed by atoms with van der Waals surface area (Å²) in [5, 5.41) is 4.55. The summed E-state index contributed by atoms with van der Waals surface area (Å²) in [4.78, 5) is 5.87. The van der Waals surface area contributed by atoms with Crippen molar-refractivity contribution in [2.24, 2.45) is 0 Å². The fourth-order valence-electron chi connectivity index (χ4n) is 1.25. The Bertz CT molecular complexity index is 263. The van der Waals surface area contributed by atoms with E-state index in [0.717, 1.165) is 19.0 Å². The highest BCUT2D eigenvalue weighted by atomic mass is 32.1. The zero-order valence-corrected chi connectivity index (χ0v) is 8.32. The average Bonchev–Trinajstić information content (AvgIpc) is 2.32. The first-order valence-corrected chi connectivity index (χ1v) is 5.25. The third kappa shape index (κ3) is 1.39. The van der Waals surface area contributed by atoms with Gasteiger partial charge in [-0.15, -0.1) is 11.3 Å². The lowest BCUT2D eigenvalue weighted by Crippen LogP contribution is -2.39. The van der Waals surface area contributed by atoms with Crippen molar-refractivity contribution in [1.29, 1.82) is 0 Å². The summed E-state index contributed by atoms with van der Waals surface area (Å²) in [6.45, 7) is 6.67. The zero-order chi connectivity index (χ0) is 8.55. The molecule has 0 aromatic carbocycles. The van der Waals surface area contributed by atoms with Crippen molar-refractivity contribution < 1.29 is 0 Å². The Morgan fingerprint density at radius 1 is 1.58 bits per heavy atom. The van der Waals surface area contributed by atoms with Gasteiger partial charge in [0.05, 0.1) is 5.01 Å². The molecule has 1 fully saturated rings. The molecule has 1 saturated heterocycles. The second-order valence-corrected chi connectivity index (χ2v) is 4.70. The van der Waals surface area contributed by atoms with Crippen molar-refractivity contribution >= 4 is 11.3 Å². The van der Waals surface area contributed by atoms with Crippen LogP contribution in [0.15, 0.2) is 6.20 Å². The molecular formula is C9H14N2S. The molecule has 1 aliphatic rings. The maximum absolute atomic E-state index is 4.41. The van der Waals surface area contributed by atoms with Crippen LogP contribution in [0.3, 0.4) is 0 Å². The molecule has 3 heteroatoms. The van der Waals surface area contributed by atoms with Gasteiger partial charge in [-0.3, -0.25) is 0 Å². The van der Waals surface area contributed by atoms with Gasteiger partial charge in [0.25, 0.3) is 0 Å². The van der Waals surface area contributed by atoms with Crippen molar-refractivity contribution in [2.45, 2.75) is 25.7 Å². The molecular weight excluding hydrogens is 168 g/mol. The SMILES string of the molecule is CC(C)c1ncc(C2CNC2)s1. The predicted molar refractivity (Wildman–Crippen MR) is 51.8 cm³/mol. The lowest BCUT2D eigenvalue weighted by molar-refractivity contribution is 0.454. The maximum Gasteiger partial charge on any atom is 0.0953 e. The summed E-state index contributed by atoms with van der Waals surface area (Å²) in [6.07, 6.45) is 2.05. The number of thiazole rings is 1. The van der Waals surface area contributed by atoms with Crippen LogP contribution in [-0.4, -0.2) is 18.1 Å². The molecule has 0 spiro atoms. The minimum absolute atomic E-state index is 0.580. The summed E-state index contributed by atoms with van der Waals surface area (Å²) in [7, 11) is 0. The Morgan fingerprint density at radius 3 is 2.75 bits per heavy atom. The third-order valence-corrected chi connectivity index (χ3v) is 3.68. The lowest BCUT2D eigenvalue weighted by Gasteiger charge is -2.25. The molecule has 1 N–H and O–H groups in total. The van der Waals surface area contributed by atoms with Crippen LogP contribution in [0, 0.1) is 0 Å². The van der Waals surface area contributed by atoms with Gasteiger partial charge in [0.1, 0.15) is 0 Å². The van der Waals surface area contributed by atoms with Crippen LogP contribution >= 0.6 is 11.3 Å². The van der Waals surface area contributed by atoms with Gasteiger partial charge in [-0.25, -0.2) is 4.98 Å². The number of hydrogen-bond acceptors (Lipinski definition) is 3. The minimum atomic E-state index is 0.580. The van der Waals surface area contributed by atoms with Gasteiger partial charge < -0.3 is 5.32 Å². The molecule has 1 aliphatic heterocycles. The van der Waals surface area contributed by atoms with Gasteiger partial charge in [0.2, 0.25) is 0 Å². The fraction of sp³-hybridized carbons (Fsp3) is 0.667. The molecule has 0 bridgehead atoms. The van der Waals surface area contributed by atoms with E-state index in [1.165, 1.54) is 9.88 Å². The van der Waals surface area contributed by atoms with Gasteiger partial charge in [0.15, 0.2) is 0 Å². The molecule has 0 saturated carbocycles. The first-order chi connectivity index (χ1) is 5.77. The summed E-state index contributed by atoms with van der Waals surface area (Å²) in [5.41, 5.74) is 0. The molecule has 66 valence electrons. The lowest BCUT2D eigenvalue weighted by atomic mass is 10.0. The van der Waals surface area contributed by atoms with E-state index in [9.17, 15) is 0 Å². The van der Waals surface area contributed by atoms with Crippen molar-refractivity contribution in [3.63, 3.8) is 0 Å². The Morgan fingerprint density at radius 2 is 2.33 bits per heavy atom. The summed E-state index contributed by atoms with van der Waals surface area (Å²) >= 11 is 1.87. The van der Waals surface area contributed by atoms with Crippen LogP contribution in [0.1, 0.15) is 35.6 Å². The molecule has 2 rings (SSSR count). The van der Waals surface area contributed by atoms with Crippen LogP contribution in [0.5, 0.6) is 0 Å². The summed E-state index contributed by atoms with van der Waals surface area (Å²) in [6, 6.07) is 0. The molecule has 0 radical (unpaired) electrons. The Hall–Kier alpha value is -0.410. The molecule has 2 heterocycles. The summed E-state index contributed by atoms with van der Waals surface area (Å²) < 4.78 is 0. The van der Waals surface area contributed by atoms with Crippen LogP contribution in [0.4, 0.5) is 0 Å². The van der Waals surface area contributed by atoms with E-state index in [1.807, 2.05) is 17.5 Å². The first kappa shape index (κ1) is 8.20. The Kier molecular flexibility index (Phi) is 2.15. The summed E-state index contributed by atoms with van der Waals surface area (Å²) in [5.74, 6) is 1.33. The highest BCUT2D eigenvalue weighted by molar-refractivity contribution is 7.11. The molecule has 0 aliphatic carbocycles.